The summed E-state index contributed by atoms with van der Waals surface area (Å²) in [6, 6.07) is 10.8. The Morgan fingerprint density at radius 3 is 2.96 bits per heavy atom. The fourth-order valence-corrected chi connectivity index (χ4v) is 2.68. The van der Waals surface area contributed by atoms with Gasteiger partial charge in [0, 0.05) is 24.5 Å². The molecule has 132 valence electrons. The van der Waals surface area contributed by atoms with Crippen molar-refractivity contribution in [3.05, 3.63) is 47.5 Å². The molecule has 0 radical (unpaired) electrons. The lowest BCUT2D eigenvalue weighted by atomic mass is 10.2. The van der Waals surface area contributed by atoms with Gasteiger partial charge in [0.1, 0.15) is 29.0 Å². The topological polar surface area (TPSA) is 102 Å². The number of halogens is 1. The number of rotatable bonds is 5. The van der Waals surface area contributed by atoms with Crippen LogP contribution in [-0.2, 0) is 6.54 Å². The summed E-state index contributed by atoms with van der Waals surface area (Å²) in [5, 5.41) is 13.0. The zero-order valence-corrected chi connectivity index (χ0v) is 14.5. The van der Waals surface area contributed by atoms with Gasteiger partial charge in [-0.2, -0.15) is 5.26 Å². The molecule has 2 heterocycles. The van der Waals surface area contributed by atoms with E-state index in [2.05, 4.69) is 21.4 Å². The Hall–Kier alpha value is -3.31. The average Bonchev–Trinajstić information content (AvgIpc) is 2.99. The summed E-state index contributed by atoms with van der Waals surface area (Å²) in [6.07, 6.45) is 0.524. The smallest absolute Gasteiger partial charge is 0.414 e. The van der Waals surface area contributed by atoms with Crippen molar-refractivity contribution in [3.63, 3.8) is 0 Å². The molecule has 26 heavy (non-hydrogen) atoms. The van der Waals surface area contributed by atoms with Crippen LogP contribution in [0.3, 0.4) is 0 Å². The SMILES string of the molecule is COc1cccc2c1cc(C#N)n2CCNC(=O)Oc1cc(Cl)ncn1. The Morgan fingerprint density at radius 2 is 2.23 bits per heavy atom. The molecule has 2 aromatic heterocycles. The fraction of sp³-hybridized carbons (Fsp3) is 0.176. The molecular weight excluding hydrogens is 358 g/mol. The van der Waals surface area contributed by atoms with Gasteiger partial charge in [-0.15, -0.1) is 0 Å². The molecule has 0 unspecified atom stereocenters. The van der Waals surface area contributed by atoms with Crippen molar-refractivity contribution in [2.75, 3.05) is 13.7 Å². The molecule has 0 saturated heterocycles. The molecule has 1 aromatic carbocycles. The van der Waals surface area contributed by atoms with Gasteiger partial charge in [-0.1, -0.05) is 17.7 Å². The van der Waals surface area contributed by atoms with E-state index in [9.17, 15) is 10.1 Å². The molecule has 0 aliphatic rings. The zero-order valence-electron chi connectivity index (χ0n) is 13.8. The van der Waals surface area contributed by atoms with Crippen molar-refractivity contribution < 1.29 is 14.3 Å². The van der Waals surface area contributed by atoms with Crippen LogP contribution in [0.4, 0.5) is 4.79 Å². The summed E-state index contributed by atoms with van der Waals surface area (Å²) in [5.41, 5.74) is 1.32. The first-order valence-electron chi connectivity index (χ1n) is 7.62. The quantitative estimate of drug-likeness (QED) is 0.692. The van der Waals surface area contributed by atoms with E-state index >= 15 is 0 Å². The van der Waals surface area contributed by atoms with E-state index in [1.807, 2.05) is 18.2 Å². The predicted molar refractivity (Wildman–Crippen MR) is 94.3 cm³/mol. The Morgan fingerprint density at radius 1 is 1.38 bits per heavy atom. The molecular formula is C17H14ClN5O3. The van der Waals surface area contributed by atoms with Crippen LogP contribution in [0.1, 0.15) is 5.69 Å². The third kappa shape index (κ3) is 3.68. The van der Waals surface area contributed by atoms with Gasteiger partial charge >= 0.3 is 6.09 Å². The number of hydrogen-bond acceptors (Lipinski definition) is 6. The maximum absolute atomic E-state index is 11.8. The van der Waals surface area contributed by atoms with Crippen LogP contribution in [0, 0.1) is 11.3 Å². The van der Waals surface area contributed by atoms with Crippen molar-refractivity contribution in [2.45, 2.75) is 6.54 Å². The second kappa shape index (κ2) is 7.72. The highest BCUT2D eigenvalue weighted by Crippen LogP contribution is 2.28. The normalized spacial score (nSPS) is 10.3. The number of ether oxygens (including phenoxy) is 2. The van der Waals surface area contributed by atoms with Gasteiger partial charge in [-0.3, -0.25) is 0 Å². The molecule has 0 atom stereocenters. The molecule has 1 amide bonds. The van der Waals surface area contributed by atoms with E-state index in [-0.39, 0.29) is 17.6 Å². The van der Waals surface area contributed by atoms with Crippen LogP contribution < -0.4 is 14.8 Å². The highest BCUT2D eigenvalue weighted by Gasteiger charge is 2.12. The lowest BCUT2D eigenvalue weighted by molar-refractivity contribution is 0.198. The van der Waals surface area contributed by atoms with Gasteiger partial charge in [-0.05, 0) is 18.2 Å². The molecule has 0 aliphatic heterocycles. The number of nitriles is 1. The monoisotopic (exact) mass is 371 g/mol. The van der Waals surface area contributed by atoms with E-state index in [4.69, 9.17) is 21.1 Å². The third-order valence-electron chi connectivity index (χ3n) is 3.65. The average molecular weight is 372 g/mol. The molecule has 0 saturated carbocycles. The van der Waals surface area contributed by atoms with E-state index in [0.29, 0.717) is 18.0 Å². The van der Waals surface area contributed by atoms with Crippen molar-refractivity contribution >= 4 is 28.6 Å². The highest BCUT2D eigenvalue weighted by atomic mass is 35.5. The van der Waals surface area contributed by atoms with Gasteiger partial charge in [0.2, 0.25) is 5.88 Å². The van der Waals surface area contributed by atoms with Crippen LogP contribution >= 0.6 is 11.6 Å². The Bertz CT molecular complexity index is 996. The van der Waals surface area contributed by atoms with Crippen LogP contribution in [0.25, 0.3) is 10.9 Å². The van der Waals surface area contributed by atoms with Crippen LogP contribution in [-0.4, -0.2) is 34.3 Å². The van der Waals surface area contributed by atoms with E-state index in [1.54, 1.807) is 17.7 Å². The van der Waals surface area contributed by atoms with Gasteiger partial charge < -0.3 is 19.4 Å². The zero-order chi connectivity index (χ0) is 18.5. The molecule has 3 rings (SSSR count). The number of methoxy groups -OCH3 is 1. The lowest BCUT2D eigenvalue weighted by Gasteiger charge is -2.09. The maximum atomic E-state index is 11.8. The molecule has 0 aliphatic carbocycles. The predicted octanol–water partition coefficient (Wildman–Crippen LogP) is 2.75. The first-order chi connectivity index (χ1) is 12.6. The highest BCUT2D eigenvalue weighted by molar-refractivity contribution is 6.29. The Balaban J connectivity index is 1.68. The van der Waals surface area contributed by atoms with Gasteiger partial charge in [0.15, 0.2) is 0 Å². The van der Waals surface area contributed by atoms with Crippen molar-refractivity contribution in [3.8, 4) is 17.7 Å². The minimum atomic E-state index is -0.674. The molecule has 0 spiro atoms. The van der Waals surface area contributed by atoms with E-state index in [0.717, 1.165) is 10.9 Å². The summed E-state index contributed by atoms with van der Waals surface area (Å²) in [4.78, 5) is 19.3. The number of carbonyl (C=O) groups excluding carboxylic acids is 1. The Labute approximate surface area is 153 Å². The van der Waals surface area contributed by atoms with Crippen LogP contribution in [0.15, 0.2) is 36.7 Å². The Kier molecular flexibility index (Phi) is 5.20. The summed E-state index contributed by atoms with van der Waals surface area (Å²) >= 11 is 5.71. The largest absolute Gasteiger partial charge is 0.496 e. The van der Waals surface area contributed by atoms with Gasteiger partial charge in [0.25, 0.3) is 0 Å². The number of nitrogens with one attached hydrogen (secondary N) is 1. The summed E-state index contributed by atoms with van der Waals surface area (Å²) < 4.78 is 12.1. The lowest BCUT2D eigenvalue weighted by Crippen LogP contribution is -2.30. The molecule has 0 bridgehead atoms. The molecule has 0 fully saturated rings. The van der Waals surface area contributed by atoms with E-state index in [1.165, 1.54) is 12.4 Å². The van der Waals surface area contributed by atoms with Crippen molar-refractivity contribution in [1.29, 1.82) is 5.26 Å². The molecule has 1 N–H and O–H groups in total. The second-order valence-corrected chi connectivity index (χ2v) is 5.57. The minimum absolute atomic E-state index is 0.0522. The number of nitrogens with zero attached hydrogens (tertiary/aromatic N) is 4. The maximum Gasteiger partial charge on any atom is 0.414 e. The second-order valence-electron chi connectivity index (χ2n) is 5.18. The standard InChI is InChI=1S/C17H14ClN5O3/c1-25-14-4-2-3-13-12(14)7-11(9-19)23(13)6-5-20-17(24)26-16-8-15(18)21-10-22-16/h2-4,7-8,10H,5-6H2,1H3,(H,20,24). The number of benzene rings is 1. The van der Waals surface area contributed by atoms with Crippen LogP contribution in [0.2, 0.25) is 5.15 Å². The van der Waals surface area contributed by atoms with Crippen LogP contribution in [0.5, 0.6) is 11.6 Å². The number of fused-ring (bicyclic) bond motifs is 1. The first kappa shape index (κ1) is 17.5. The molecule has 3 aromatic rings. The number of hydrogen-bond donors (Lipinski definition) is 1. The van der Waals surface area contributed by atoms with Crippen molar-refractivity contribution in [1.82, 2.24) is 19.9 Å². The first-order valence-corrected chi connectivity index (χ1v) is 7.99. The number of aromatic nitrogens is 3. The summed E-state index contributed by atoms with van der Waals surface area (Å²) in [7, 11) is 1.58. The minimum Gasteiger partial charge on any atom is -0.496 e. The van der Waals surface area contributed by atoms with Gasteiger partial charge in [0.05, 0.1) is 12.6 Å². The summed E-state index contributed by atoms with van der Waals surface area (Å²) in [6.45, 7) is 0.645. The van der Waals surface area contributed by atoms with Gasteiger partial charge in [-0.25, -0.2) is 14.8 Å². The van der Waals surface area contributed by atoms with Crippen molar-refractivity contribution in [2.24, 2.45) is 0 Å². The summed E-state index contributed by atoms with van der Waals surface area (Å²) in [5.74, 6) is 0.738. The molecule has 9 heteroatoms. The number of amides is 1. The third-order valence-corrected chi connectivity index (χ3v) is 3.86. The molecule has 8 nitrogen and oxygen atoms in total. The number of carbonyl (C=O) groups is 1. The fourth-order valence-electron chi connectivity index (χ4n) is 2.54. The van der Waals surface area contributed by atoms with E-state index < -0.39 is 6.09 Å².